The standard InChI is InChI=1S/C13H13N3OS/c17-12(16-11-4-8-14-9-5-11)6-10-18-13-3-1-2-7-15-13/h1-5,7-9H,6,10H2,(H,14,16,17). The molecule has 0 aliphatic carbocycles. The Morgan fingerprint density at radius 1 is 1.17 bits per heavy atom. The molecule has 0 atom stereocenters. The summed E-state index contributed by atoms with van der Waals surface area (Å²) >= 11 is 1.58. The van der Waals surface area contributed by atoms with Gasteiger partial charge in [-0.05, 0) is 24.3 Å². The van der Waals surface area contributed by atoms with Gasteiger partial charge >= 0.3 is 0 Å². The highest BCUT2D eigenvalue weighted by atomic mass is 32.2. The van der Waals surface area contributed by atoms with Crippen molar-refractivity contribution in [2.75, 3.05) is 11.1 Å². The minimum Gasteiger partial charge on any atom is -0.326 e. The second-order valence-corrected chi connectivity index (χ2v) is 4.67. The third-order valence-electron chi connectivity index (χ3n) is 2.18. The number of nitrogens with one attached hydrogen (secondary N) is 1. The van der Waals surface area contributed by atoms with Crippen LogP contribution in [0.15, 0.2) is 53.9 Å². The summed E-state index contributed by atoms with van der Waals surface area (Å²) in [6, 6.07) is 9.28. The van der Waals surface area contributed by atoms with E-state index in [1.807, 2.05) is 18.2 Å². The second kappa shape index (κ2) is 6.76. The van der Waals surface area contributed by atoms with Gasteiger partial charge < -0.3 is 5.32 Å². The Morgan fingerprint density at radius 2 is 2.00 bits per heavy atom. The number of aromatic nitrogens is 2. The molecule has 1 amide bonds. The fourth-order valence-corrected chi connectivity index (χ4v) is 2.15. The zero-order valence-electron chi connectivity index (χ0n) is 9.74. The molecule has 2 aromatic rings. The molecular weight excluding hydrogens is 246 g/mol. The molecule has 4 nitrogen and oxygen atoms in total. The van der Waals surface area contributed by atoms with Crippen LogP contribution < -0.4 is 5.32 Å². The fourth-order valence-electron chi connectivity index (χ4n) is 1.34. The molecule has 1 N–H and O–H groups in total. The highest BCUT2D eigenvalue weighted by Crippen LogP contribution is 2.15. The van der Waals surface area contributed by atoms with E-state index in [1.54, 1.807) is 42.5 Å². The third kappa shape index (κ3) is 4.18. The van der Waals surface area contributed by atoms with E-state index in [2.05, 4.69) is 15.3 Å². The zero-order valence-corrected chi connectivity index (χ0v) is 10.6. The molecule has 0 aromatic carbocycles. The van der Waals surface area contributed by atoms with Crippen molar-refractivity contribution < 1.29 is 4.79 Å². The second-order valence-electron chi connectivity index (χ2n) is 3.55. The van der Waals surface area contributed by atoms with Gasteiger partial charge in [-0.15, -0.1) is 11.8 Å². The number of hydrogen-bond donors (Lipinski definition) is 1. The molecule has 5 heteroatoms. The number of carbonyl (C=O) groups is 1. The lowest BCUT2D eigenvalue weighted by Crippen LogP contribution is -2.12. The van der Waals surface area contributed by atoms with Crippen LogP contribution in [-0.2, 0) is 4.79 Å². The molecule has 0 aliphatic rings. The van der Waals surface area contributed by atoms with Crippen molar-refractivity contribution in [1.82, 2.24) is 9.97 Å². The van der Waals surface area contributed by atoms with Crippen LogP contribution in [-0.4, -0.2) is 21.6 Å². The average Bonchev–Trinajstić information content (AvgIpc) is 2.41. The molecular formula is C13H13N3OS. The third-order valence-corrected chi connectivity index (χ3v) is 3.13. The average molecular weight is 259 g/mol. The van der Waals surface area contributed by atoms with Gasteiger partial charge in [-0.3, -0.25) is 9.78 Å². The summed E-state index contributed by atoms with van der Waals surface area (Å²) in [5, 5.41) is 3.75. The summed E-state index contributed by atoms with van der Waals surface area (Å²) < 4.78 is 0. The van der Waals surface area contributed by atoms with E-state index in [9.17, 15) is 4.79 Å². The smallest absolute Gasteiger partial charge is 0.225 e. The summed E-state index contributed by atoms with van der Waals surface area (Å²) in [7, 11) is 0. The van der Waals surface area contributed by atoms with Crippen molar-refractivity contribution in [2.24, 2.45) is 0 Å². The van der Waals surface area contributed by atoms with Crippen LogP contribution in [0.2, 0.25) is 0 Å². The number of pyridine rings is 2. The van der Waals surface area contributed by atoms with Crippen molar-refractivity contribution in [3.8, 4) is 0 Å². The minimum atomic E-state index is 0.00429. The van der Waals surface area contributed by atoms with Crippen molar-refractivity contribution in [1.29, 1.82) is 0 Å². The number of rotatable bonds is 5. The lowest BCUT2D eigenvalue weighted by atomic mass is 10.4. The van der Waals surface area contributed by atoms with Crippen LogP contribution in [0.25, 0.3) is 0 Å². The quantitative estimate of drug-likeness (QED) is 0.839. The Hall–Kier alpha value is -1.88. The Labute approximate surface area is 110 Å². The summed E-state index contributed by atoms with van der Waals surface area (Å²) in [5.41, 5.74) is 0.776. The first kappa shape index (κ1) is 12.6. The molecule has 0 saturated heterocycles. The largest absolute Gasteiger partial charge is 0.326 e. The van der Waals surface area contributed by atoms with E-state index in [0.717, 1.165) is 10.7 Å². The Balaban J connectivity index is 1.73. The van der Waals surface area contributed by atoms with Crippen molar-refractivity contribution in [2.45, 2.75) is 11.4 Å². The van der Waals surface area contributed by atoms with Gasteiger partial charge in [-0.25, -0.2) is 4.98 Å². The number of anilines is 1. The van der Waals surface area contributed by atoms with Gasteiger partial charge in [0.25, 0.3) is 0 Å². The molecule has 0 unspecified atom stereocenters. The topological polar surface area (TPSA) is 54.9 Å². The minimum absolute atomic E-state index is 0.00429. The normalized spacial score (nSPS) is 10.0. The van der Waals surface area contributed by atoms with Gasteiger partial charge in [0.2, 0.25) is 5.91 Å². The SMILES string of the molecule is O=C(CCSc1ccccn1)Nc1ccncc1. The van der Waals surface area contributed by atoms with Gasteiger partial charge in [-0.2, -0.15) is 0 Å². The van der Waals surface area contributed by atoms with Crippen LogP contribution in [0.5, 0.6) is 0 Å². The zero-order chi connectivity index (χ0) is 12.6. The maximum absolute atomic E-state index is 11.6. The predicted molar refractivity (Wildman–Crippen MR) is 72.4 cm³/mol. The number of carbonyl (C=O) groups excluding carboxylic acids is 1. The highest BCUT2D eigenvalue weighted by Gasteiger charge is 2.02. The van der Waals surface area contributed by atoms with Crippen LogP contribution >= 0.6 is 11.8 Å². The summed E-state index contributed by atoms with van der Waals surface area (Å²) in [4.78, 5) is 19.7. The number of hydrogen-bond acceptors (Lipinski definition) is 4. The number of thioether (sulfide) groups is 1. The molecule has 0 bridgehead atoms. The molecule has 2 aromatic heterocycles. The van der Waals surface area contributed by atoms with Gasteiger partial charge in [-0.1, -0.05) is 6.07 Å². The molecule has 2 rings (SSSR count). The molecule has 0 spiro atoms. The van der Waals surface area contributed by atoms with Gasteiger partial charge in [0.1, 0.15) is 0 Å². The highest BCUT2D eigenvalue weighted by molar-refractivity contribution is 7.99. The first-order chi connectivity index (χ1) is 8.84. The van der Waals surface area contributed by atoms with E-state index in [1.165, 1.54) is 0 Å². The van der Waals surface area contributed by atoms with E-state index < -0.39 is 0 Å². The Morgan fingerprint density at radius 3 is 2.72 bits per heavy atom. The van der Waals surface area contributed by atoms with E-state index in [0.29, 0.717) is 12.2 Å². The summed E-state index contributed by atoms with van der Waals surface area (Å²) in [5.74, 6) is 0.720. The lowest BCUT2D eigenvalue weighted by molar-refractivity contribution is -0.115. The Bertz CT molecular complexity index is 490. The monoisotopic (exact) mass is 259 g/mol. The molecule has 0 radical (unpaired) electrons. The van der Waals surface area contributed by atoms with Crippen LogP contribution in [0.3, 0.4) is 0 Å². The van der Waals surface area contributed by atoms with Crippen molar-refractivity contribution >= 4 is 23.4 Å². The summed E-state index contributed by atoms with van der Waals surface area (Å²) in [6.45, 7) is 0. The molecule has 0 saturated carbocycles. The van der Waals surface area contributed by atoms with Crippen molar-refractivity contribution in [3.63, 3.8) is 0 Å². The van der Waals surface area contributed by atoms with E-state index in [4.69, 9.17) is 0 Å². The van der Waals surface area contributed by atoms with Crippen LogP contribution in [0, 0.1) is 0 Å². The van der Waals surface area contributed by atoms with E-state index >= 15 is 0 Å². The van der Waals surface area contributed by atoms with Gasteiger partial charge in [0.15, 0.2) is 0 Å². The number of amides is 1. The molecule has 0 fully saturated rings. The maximum atomic E-state index is 11.6. The van der Waals surface area contributed by atoms with Crippen LogP contribution in [0.1, 0.15) is 6.42 Å². The molecule has 0 aliphatic heterocycles. The molecule has 2 heterocycles. The Kier molecular flexibility index (Phi) is 4.72. The van der Waals surface area contributed by atoms with Crippen LogP contribution in [0.4, 0.5) is 5.69 Å². The first-order valence-electron chi connectivity index (χ1n) is 5.58. The van der Waals surface area contributed by atoms with E-state index in [-0.39, 0.29) is 5.91 Å². The van der Waals surface area contributed by atoms with Gasteiger partial charge in [0, 0.05) is 36.5 Å². The van der Waals surface area contributed by atoms with Gasteiger partial charge in [0.05, 0.1) is 5.03 Å². The van der Waals surface area contributed by atoms with Crippen molar-refractivity contribution in [3.05, 3.63) is 48.9 Å². The lowest BCUT2D eigenvalue weighted by Gasteiger charge is -2.04. The maximum Gasteiger partial charge on any atom is 0.225 e. The molecule has 18 heavy (non-hydrogen) atoms. The number of nitrogens with zero attached hydrogens (tertiary/aromatic N) is 2. The predicted octanol–water partition coefficient (Wildman–Crippen LogP) is 2.60. The summed E-state index contributed by atoms with van der Waals surface area (Å²) in [6.07, 6.45) is 5.51. The molecule has 92 valence electrons. The fraction of sp³-hybridized carbons (Fsp3) is 0.154. The first-order valence-corrected chi connectivity index (χ1v) is 6.57.